The van der Waals surface area contributed by atoms with Gasteiger partial charge in [-0.3, -0.25) is 9.48 Å². The van der Waals surface area contributed by atoms with Gasteiger partial charge in [0.05, 0.1) is 23.9 Å². The molecule has 0 bridgehead atoms. The lowest BCUT2D eigenvalue weighted by Gasteiger charge is -2.37. The monoisotopic (exact) mass is 337 g/mol. The number of aliphatic hydroxyl groups is 1. The predicted octanol–water partition coefficient (Wildman–Crippen LogP) is 2.45. The standard InChI is InChI=1S/C16H17ClFN3O2/c1-21-8-10(7-19-21)15(9-4-12(22)5-9)20-16(23)13-6-11(17)2-3-14(13)18/h2-3,6-9,12,15,22H,4-5H2,1H3,(H,20,23)/t9?,12?,15-/m1/s1. The number of carbonyl (C=O) groups excluding carboxylic acids is 1. The van der Waals surface area contributed by atoms with Gasteiger partial charge in [0.2, 0.25) is 0 Å². The maximum Gasteiger partial charge on any atom is 0.254 e. The minimum absolute atomic E-state index is 0.0914. The van der Waals surface area contributed by atoms with Crippen molar-refractivity contribution in [3.05, 3.63) is 52.6 Å². The molecule has 1 aromatic heterocycles. The third-order valence-electron chi connectivity index (χ3n) is 4.16. The van der Waals surface area contributed by atoms with Crippen molar-refractivity contribution < 1.29 is 14.3 Å². The molecule has 1 saturated carbocycles. The number of benzene rings is 1. The van der Waals surface area contributed by atoms with E-state index in [1.54, 1.807) is 17.9 Å². The van der Waals surface area contributed by atoms with Crippen LogP contribution in [0.3, 0.4) is 0 Å². The number of aromatic nitrogens is 2. The van der Waals surface area contributed by atoms with Gasteiger partial charge in [0.15, 0.2) is 0 Å². The maximum atomic E-state index is 13.9. The van der Waals surface area contributed by atoms with Crippen LogP contribution in [-0.4, -0.2) is 26.9 Å². The molecule has 23 heavy (non-hydrogen) atoms. The van der Waals surface area contributed by atoms with Crippen LogP contribution in [0.25, 0.3) is 0 Å². The number of carbonyl (C=O) groups is 1. The van der Waals surface area contributed by atoms with Crippen molar-refractivity contribution >= 4 is 17.5 Å². The number of nitrogens with one attached hydrogen (secondary N) is 1. The number of amides is 1. The molecule has 122 valence electrons. The number of nitrogens with zero attached hydrogens (tertiary/aromatic N) is 2. The quantitative estimate of drug-likeness (QED) is 0.900. The van der Waals surface area contributed by atoms with Gasteiger partial charge in [-0.1, -0.05) is 11.6 Å². The van der Waals surface area contributed by atoms with Gasteiger partial charge in [-0.15, -0.1) is 0 Å². The molecule has 3 rings (SSSR count). The van der Waals surface area contributed by atoms with Gasteiger partial charge >= 0.3 is 0 Å². The van der Waals surface area contributed by atoms with Gasteiger partial charge in [-0.05, 0) is 37.0 Å². The molecule has 0 spiro atoms. The third-order valence-corrected chi connectivity index (χ3v) is 4.40. The second kappa shape index (κ2) is 6.29. The van der Waals surface area contributed by atoms with Gasteiger partial charge < -0.3 is 10.4 Å². The van der Waals surface area contributed by atoms with Crippen LogP contribution in [0.15, 0.2) is 30.6 Å². The Balaban J connectivity index is 1.83. The Kier molecular flexibility index (Phi) is 4.37. The van der Waals surface area contributed by atoms with Gasteiger partial charge in [0.1, 0.15) is 5.82 Å². The lowest BCUT2D eigenvalue weighted by atomic mass is 9.75. The zero-order chi connectivity index (χ0) is 16.6. The summed E-state index contributed by atoms with van der Waals surface area (Å²) in [6.07, 6.45) is 4.32. The minimum Gasteiger partial charge on any atom is -0.393 e. The molecule has 1 aromatic carbocycles. The van der Waals surface area contributed by atoms with Crippen LogP contribution in [0.1, 0.15) is 34.8 Å². The van der Waals surface area contributed by atoms with Gasteiger partial charge in [0.25, 0.3) is 5.91 Å². The highest BCUT2D eigenvalue weighted by molar-refractivity contribution is 6.31. The van der Waals surface area contributed by atoms with Crippen LogP contribution in [0.2, 0.25) is 5.02 Å². The Morgan fingerprint density at radius 1 is 1.52 bits per heavy atom. The predicted molar refractivity (Wildman–Crippen MR) is 83.6 cm³/mol. The highest BCUT2D eigenvalue weighted by atomic mass is 35.5. The Labute approximate surface area is 138 Å². The molecule has 0 radical (unpaired) electrons. The second-order valence-electron chi connectivity index (χ2n) is 5.91. The average Bonchev–Trinajstić information content (AvgIpc) is 2.90. The Morgan fingerprint density at radius 3 is 2.87 bits per heavy atom. The van der Waals surface area contributed by atoms with Crippen molar-refractivity contribution in [3.8, 4) is 0 Å². The molecular weight excluding hydrogens is 321 g/mol. The zero-order valence-electron chi connectivity index (χ0n) is 12.5. The normalized spacial score (nSPS) is 21.6. The van der Waals surface area contributed by atoms with E-state index in [2.05, 4.69) is 10.4 Å². The summed E-state index contributed by atoms with van der Waals surface area (Å²) < 4.78 is 15.5. The molecule has 0 saturated heterocycles. The van der Waals surface area contributed by atoms with Crippen molar-refractivity contribution in [3.63, 3.8) is 0 Å². The Morgan fingerprint density at radius 2 is 2.26 bits per heavy atom. The molecule has 0 unspecified atom stereocenters. The SMILES string of the molecule is Cn1cc([C@H](NC(=O)c2cc(Cl)ccc2F)C2CC(O)C2)cn1. The smallest absolute Gasteiger partial charge is 0.254 e. The molecule has 1 aliphatic rings. The van der Waals surface area contributed by atoms with Gasteiger partial charge in [-0.25, -0.2) is 4.39 Å². The summed E-state index contributed by atoms with van der Waals surface area (Å²) in [5.41, 5.74) is 0.742. The molecule has 1 atom stereocenters. The van der Waals surface area contributed by atoms with E-state index in [0.717, 1.165) is 5.56 Å². The number of aryl methyl sites for hydroxylation is 1. The van der Waals surface area contributed by atoms with Crippen molar-refractivity contribution in [2.45, 2.75) is 25.0 Å². The first-order valence-electron chi connectivity index (χ1n) is 7.36. The number of halogens is 2. The van der Waals surface area contributed by atoms with E-state index in [4.69, 9.17) is 11.6 Å². The molecule has 1 amide bonds. The zero-order valence-corrected chi connectivity index (χ0v) is 13.3. The van der Waals surface area contributed by atoms with E-state index in [-0.39, 0.29) is 23.6 Å². The Bertz CT molecular complexity index is 728. The highest BCUT2D eigenvalue weighted by Gasteiger charge is 2.36. The van der Waals surface area contributed by atoms with Crippen molar-refractivity contribution in [2.75, 3.05) is 0 Å². The molecule has 1 aliphatic carbocycles. The summed E-state index contributed by atoms with van der Waals surface area (Å²) in [6, 6.07) is 3.55. The fraction of sp³-hybridized carbons (Fsp3) is 0.375. The average molecular weight is 338 g/mol. The van der Waals surface area contributed by atoms with Crippen LogP contribution in [0.5, 0.6) is 0 Å². The Hall–Kier alpha value is -1.92. The number of rotatable bonds is 4. The van der Waals surface area contributed by atoms with Crippen LogP contribution < -0.4 is 5.32 Å². The lowest BCUT2D eigenvalue weighted by Crippen LogP contribution is -2.41. The summed E-state index contributed by atoms with van der Waals surface area (Å²) in [4.78, 5) is 12.4. The van der Waals surface area contributed by atoms with E-state index in [1.807, 2.05) is 6.20 Å². The number of aliphatic hydroxyl groups excluding tert-OH is 1. The molecule has 7 heteroatoms. The lowest BCUT2D eigenvalue weighted by molar-refractivity contribution is 0.0234. The van der Waals surface area contributed by atoms with Gasteiger partial charge in [-0.2, -0.15) is 5.10 Å². The van der Waals surface area contributed by atoms with Crippen molar-refractivity contribution in [1.29, 1.82) is 0 Å². The van der Waals surface area contributed by atoms with E-state index >= 15 is 0 Å². The highest BCUT2D eigenvalue weighted by Crippen LogP contribution is 2.38. The van der Waals surface area contributed by atoms with Gasteiger partial charge in [0, 0.05) is 23.8 Å². The van der Waals surface area contributed by atoms with Crippen LogP contribution in [-0.2, 0) is 7.05 Å². The van der Waals surface area contributed by atoms with Crippen LogP contribution in [0, 0.1) is 11.7 Å². The molecule has 2 aromatic rings. The molecule has 5 nitrogen and oxygen atoms in total. The molecule has 1 heterocycles. The van der Waals surface area contributed by atoms with E-state index in [9.17, 15) is 14.3 Å². The fourth-order valence-electron chi connectivity index (χ4n) is 2.87. The maximum absolute atomic E-state index is 13.9. The van der Waals surface area contributed by atoms with E-state index < -0.39 is 11.7 Å². The molecule has 1 fully saturated rings. The molecule has 2 N–H and O–H groups in total. The van der Waals surface area contributed by atoms with Crippen LogP contribution >= 0.6 is 11.6 Å². The molecular formula is C16H17ClFN3O2. The first kappa shape index (κ1) is 16.0. The first-order chi connectivity index (χ1) is 10.9. The van der Waals surface area contributed by atoms with E-state index in [1.165, 1.54) is 18.2 Å². The summed E-state index contributed by atoms with van der Waals surface area (Å²) in [5, 5.41) is 16.8. The van der Waals surface area contributed by atoms with Crippen molar-refractivity contribution in [2.24, 2.45) is 13.0 Å². The summed E-state index contributed by atoms with van der Waals surface area (Å²) in [5.74, 6) is -1.05. The van der Waals surface area contributed by atoms with Crippen molar-refractivity contribution in [1.82, 2.24) is 15.1 Å². The van der Waals surface area contributed by atoms with Crippen LogP contribution in [0.4, 0.5) is 4.39 Å². The number of hydrogen-bond acceptors (Lipinski definition) is 3. The topological polar surface area (TPSA) is 67.2 Å². The third kappa shape index (κ3) is 3.38. The second-order valence-corrected chi connectivity index (χ2v) is 6.34. The first-order valence-corrected chi connectivity index (χ1v) is 7.74. The fourth-order valence-corrected chi connectivity index (χ4v) is 3.04. The van der Waals surface area contributed by atoms with E-state index in [0.29, 0.717) is 17.9 Å². The minimum atomic E-state index is -0.620. The summed E-state index contributed by atoms with van der Waals surface area (Å²) in [7, 11) is 1.79. The molecule has 0 aliphatic heterocycles. The summed E-state index contributed by atoms with van der Waals surface area (Å²) >= 11 is 5.84. The summed E-state index contributed by atoms with van der Waals surface area (Å²) in [6.45, 7) is 0. The number of hydrogen-bond donors (Lipinski definition) is 2. The largest absolute Gasteiger partial charge is 0.393 e.